The van der Waals surface area contributed by atoms with Crippen molar-refractivity contribution in [3.8, 4) is 0 Å². The van der Waals surface area contributed by atoms with Crippen molar-refractivity contribution in [1.82, 2.24) is 0 Å². The van der Waals surface area contributed by atoms with E-state index in [1.807, 2.05) is 76.0 Å². The molecular formula is C19H13Br2FeNO+2. The maximum Gasteiger partial charge on any atom is 2.00 e. The minimum absolute atomic E-state index is 0. The number of halogens is 2. The summed E-state index contributed by atoms with van der Waals surface area (Å²) in [5.74, 6) is 0.967. The number of rotatable bonds is 1. The molecule has 0 unspecified atom stereocenters. The van der Waals surface area contributed by atoms with Gasteiger partial charge >= 0.3 is 17.1 Å². The molecule has 2 fully saturated rings. The molecule has 1 aromatic rings. The summed E-state index contributed by atoms with van der Waals surface area (Å²) in [5, 5.41) is 2.88. The van der Waals surface area contributed by atoms with Crippen molar-refractivity contribution in [2.24, 2.45) is 0 Å². The van der Waals surface area contributed by atoms with Crippen LogP contribution in [-0.2, 0) is 21.9 Å². The van der Waals surface area contributed by atoms with E-state index in [1.165, 1.54) is 0 Å². The molecule has 0 aromatic heterocycles. The molecule has 0 saturated heterocycles. The van der Waals surface area contributed by atoms with Crippen LogP contribution in [0.25, 0.3) is 5.57 Å². The number of anilines is 1. The SMILES string of the molecule is O=C1Nc2c(Br)cc(Br)cc2/C1=C/[C]1[CH][CH][CH][CH]1.[CH]1[CH][CH][CH][CH]1.[Fe+2]. The first-order valence-electron chi connectivity index (χ1n) is 7.06. The van der Waals surface area contributed by atoms with Gasteiger partial charge in [-0.3, -0.25) is 4.79 Å². The molecule has 3 aliphatic rings. The summed E-state index contributed by atoms with van der Waals surface area (Å²) in [6.07, 6.45) is 19.8. The molecule has 2 aliphatic carbocycles. The molecule has 120 valence electrons. The van der Waals surface area contributed by atoms with E-state index < -0.39 is 0 Å². The minimum Gasteiger partial charge on any atom is -0.320 e. The molecule has 1 heterocycles. The molecule has 2 saturated carbocycles. The predicted octanol–water partition coefficient (Wildman–Crippen LogP) is 4.97. The molecule has 10 radical (unpaired) electrons. The maximum atomic E-state index is 12.0. The Hall–Kier alpha value is -0.0905. The number of carbonyl (C=O) groups excluding carboxylic acids is 1. The summed E-state index contributed by atoms with van der Waals surface area (Å²) in [6.45, 7) is 0. The third-order valence-corrected chi connectivity index (χ3v) is 4.47. The van der Waals surface area contributed by atoms with Crippen LogP contribution in [0.15, 0.2) is 27.2 Å². The van der Waals surface area contributed by atoms with Gasteiger partial charge in [-0.15, -0.1) is 0 Å². The summed E-state index contributed by atoms with van der Waals surface area (Å²) in [6, 6.07) is 3.87. The van der Waals surface area contributed by atoms with Crippen molar-refractivity contribution < 1.29 is 21.9 Å². The fourth-order valence-corrected chi connectivity index (χ4v) is 3.66. The van der Waals surface area contributed by atoms with E-state index in [-0.39, 0.29) is 23.0 Å². The van der Waals surface area contributed by atoms with Crippen molar-refractivity contribution in [2.75, 3.05) is 5.32 Å². The Balaban J connectivity index is 0.000000300. The van der Waals surface area contributed by atoms with Gasteiger partial charge in [-0.05, 0) is 85.9 Å². The second-order valence-corrected chi connectivity index (χ2v) is 6.77. The zero-order chi connectivity index (χ0) is 16.2. The Bertz CT molecular complexity index is 612. The monoisotopic (exact) mass is 485 g/mol. The summed E-state index contributed by atoms with van der Waals surface area (Å²) in [5.41, 5.74) is 2.45. The van der Waals surface area contributed by atoms with Crippen LogP contribution in [0.4, 0.5) is 5.69 Å². The molecule has 2 nitrogen and oxygen atoms in total. The molecule has 0 atom stereocenters. The van der Waals surface area contributed by atoms with Gasteiger partial charge in [0.05, 0.1) is 5.69 Å². The molecule has 1 N–H and O–H groups in total. The summed E-state index contributed by atoms with van der Waals surface area (Å²) in [7, 11) is 0. The van der Waals surface area contributed by atoms with Gasteiger partial charge in [0.15, 0.2) is 0 Å². The molecule has 24 heavy (non-hydrogen) atoms. The number of nitrogens with one attached hydrogen (secondary N) is 1. The standard InChI is InChI=1S/C14H8Br2NO.C5H5.Fe/c15-9-6-10-11(5-8-3-1-2-4-8)14(18)17-13(10)12(16)7-9;1-2-4-5-3-1;/h1-7H,(H,17,18);1-5H;/q;;+2/b11-5-;;. The zero-order valence-electron chi connectivity index (χ0n) is 12.4. The van der Waals surface area contributed by atoms with Crippen LogP contribution < -0.4 is 5.32 Å². The Labute approximate surface area is 172 Å². The summed E-state index contributed by atoms with van der Waals surface area (Å²) >= 11 is 6.90. The molecule has 1 amide bonds. The zero-order valence-corrected chi connectivity index (χ0v) is 16.7. The van der Waals surface area contributed by atoms with Gasteiger partial charge in [0.25, 0.3) is 5.91 Å². The van der Waals surface area contributed by atoms with E-state index in [4.69, 9.17) is 0 Å². The minimum atomic E-state index is -0.0648. The first-order chi connectivity index (χ1) is 11.1. The molecule has 5 heteroatoms. The van der Waals surface area contributed by atoms with Crippen LogP contribution in [0.1, 0.15) is 5.56 Å². The molecule has 4 rings (SSSR count). The molecule has 1 aromatic carbocycles. The van der Waals surface area contributed by atoms with E-state index in [9.17, 15) is 4.79 Å². The van der Waals surface area contributed by atoms with E-state index >= 15 is 0 Å². The van der Waals surface area contributed by atoms with Gasteiger partial charge < -0.3 is 5.32 Å². The predicted molar refractivity (Wildman–Crippen MR) is 100 cm³/mol. The van der Waals surface area contributed by atoms with E-state index in [2.05, 4.69) is 37.2 Å². The van der Waals surface area contributed by atoms with Crippen molar-refractivity contribution >= 4 is 49.0 Å². The average Bonchev–Trinajstić information content (AvgIpc) is 3.26. The molecule has 0 bridgehead atoms. The second kappa shape index (κ2) is 9.56. The first-order valence-corrected chi connectivity index (χ1v) is 8.64. The third kappa shape index (κ3) is 4.97. The van der Waals surface area contributed by atoms with Crippen LogP contribution in [0.3, 0.4) is 0 Å². The summed E-state index contributed by atoms with van der Waals surface area (Å²) < 4.78 is 1.82. The number of hydrogen-bond acceptors (Lipinski definition) is 1. The van der Waals surface area contributed by atoms with Crippen molar-refractivity contribution in [3.63, 3.8) is 0 Å². The van der Waals surface area contributed by atoms with Crippen molar-refractivity contribution in [1.29, 1.82) is 0 Å². The van der Waals surface area contributed by atoms with E-state index in [1.54, 1.807) is 0 Å². The molecule has 1 aliphatic heterocycles. The van der Waals surface area contributed by atoms with E-state index in [0.717, 1.165) is 26.1 Å². The number of fused-ring (bicyclic) bond motifs is 1. The van der Waals surface area contributed by atoms with Crippen molar-refractivity contribution in [3.05, 3.63) is 96.4 Å². The van der Waals surface area contributed by atoms with Crippen LogP contribution in [-0.4, -0.2) is 5.91 Å². The summed E-state index contributed by atoms with van der Waals surface area (Å²) in [4.78, 5) is 12.0. The Morgan fingerprint density at radius 1 is 0.875 bits per heavy atom. The Morgan fingerprint density at radius 3 is 2.04 bits per heavy atom. The quantitative estimate of drug-likeness (QED) is 0.440. The number of amides is 1. The smallest absolute Gasteiger partial charge is 0.320 e. The second-order valence-electron chi connectivity index (χ2n) is 5.00. The van der Waals surface area contributed by atoms with Gasteiger partial charge in [0.1, 0.15) is 0 Å². The van der Waals surface area contributed by atoms with Crippen molar-refractivity contribution in [2.45, 2.75) is 0 Å². The van der Waals surface area contributed by atoms with Crippen LogP contribution >= 0.6 is 31.9 Å². The maximum absolute atomic E-state index is 12.0. The van der Waals surface area contributed by atoms with Crippen LogP contribution in [0.2, 0.25) is 0 Å². The number of hydrogen-bond donors (Lipinski definition) is 1. The number of allylic oxidation sites excluding steroid dienone is 1. The van der Waals surface area contributed by atoms with Gasteiger partial charge in [-0.25, -0.2) is 0 Å². The Morgan fingerprint density at radius 2 is 1.46 bits per heavy atom. The number of benzene rings is 1. The fourth-order valence-electron chi connectivity index (χ4n) is 2.33. The number of carbonyl (C=O) groups is 1. The Kier molecular flexibility index (Phi) is 8.06. The topological polar surface area (TPSA) is 29.1 Å². The first kappa shape index (κ1) is 20.2. The van der Waals surface area contributed by atoms with Crippen LogP contribution in [0.5, 0.6) is 0 Å². The van der Waals surface area contributed by atoms with Crippen LogP contribution in [0, 0.1) is 63.7 Å². The molecular weight excluding hydrogens is 474 g/mol. The van der Waals surface area contributed by atoms with Gasteiger partial charge in [0, 0.05) is 26.0 Å². The third-order valence-electron chi connectivity index (χ3n) is 3.38. The average molecular weight is 487 g/mol. The normalized spacial score (nSPS) is 21.1. The van der Waals surface area contributed by atoms with Gasteiger partial charge in [-0.2, -0.15) is 0 Å². The fraction of sp³-hybridized carbons (Fsp3) is 0. The van der Waals surface area contributed by atoms with E-state index in [0.29, 0.717) is 5.57 Å². The van der Waals surface area contributed by atoms with Gasteiger partial charge in [-0.1, -0.05) is 22.0 Å². The van der Waals surface area contributed by atoms with Gasteiger partial charge in [0.2, 0.25) is 0 Å². The molecule has 0 spiro atoms. The largest absolute Gasteiger partial charge is 2.00 e.